The lowest BCUT2D eigenvalue weighted by Crippen LogP contribution is -2.30. The van der Waals surface area contributed by atoms with Gasteiger partial charge in [0.1, 0.15) is 23.6 Å². The van der Waals surface area contributed by atoms with Crippen LogP contribution in [0.1, 0.15) is 16.7 Å². The van der Waals surface area contributed by atoms with Crippen molar-refractivity contribution in [2.24, 2.45) is 0 Å². The predicted octanol–water partition coefficient (Wildman–Crippen LogP) is 3.04. The highest BCUT2D eigenvalue weighted by atomic mass is 19.1. The Morgan fingerprint density at radius 1 is 0.818 bits per heavy atom. The molecule has 0 bridgehead atoms. The van der Waals surface area contributed by atoms with Crippen molar-refractivity contribution in [3.63, 3.8) is 0 Å². The highest BCUT2D eigenvalue weighted by Crippen LogP contribution is 2.37. The van der Waals surface area contributed by atoms with E-state index >= 15 is 0 Å². The van der Waals surface area contributed by atoms with Gasteiger partial charge in [-0.1, -0.05) is 30.3 Å². The molecule has 0 saturated heterocycles. The quantitative estimate of drug-likeness (QED) is 0.808. The summed E-state index contributed by atoms with van der Waals surface area (Å²) < 4.78 is 27.4. The Kier molecular flexibility index (Phi) is 3.65. The Hall–Kier alpha value is -2.66. The molecule has 22 heavy (non-hydrogen) atoms. The monoisotopic (exact) mass is 298 g/mol. The topological polar surface area (TPSA) is 46.0 Å². The number of benzene rings is 2. The van der Waals surface area contributed by atoms with Crippen LogP contribution in [-0.4, -0.2) is 15.1 Å². The van der Waals surface area contributed by atoms with E-state index in [-0.39, 0.29) is 5.56 Å². The number of nitrogens with zero attached hydrogens (tertiary/aromatic N) is 2. The molecule has 0 spiro atoms. The van der Waals surface area contributed by atoms with Gasteiger partial charge in [0.05, 0.1) is 0 Å². The maximum atomic E-state index is 14.3. The lowest BCUT2D eigenvalue weighted by molar-refractivity contribution is 0.120. The smallest absolute Gasteiger partial charge is 0.146 e. The standard InChI is InChI=1S/C17H12F2N2O/c18-14-7-5-12(6-8-14)17(22,13-9-20-11-21-10-13)15-3-1-2-4-16(15)19/h1-11,22H. The van der Waals surface area contributed by atoms with Crippen molar-refractivity contribution in [2.75, 3.05) is 0 Å². The first-order chi connectivity index (χ1) is 10.6. The van der Waals surface area contributed by atoms with Gasteiger partial charge in [-0.3, -0.25) is 0 Å². The summed E-state index contributed by atoms with van der Waals surface area (Å²) in [6, 6.07) is 11.1. The van der Waals surface area contributed by atoms with Gasteiger partial charge in [0.25, 0.3) is 0 Å². The van der Waals surface area contributed by atoms with Gasteiger partial charge in [-0.25, -0.2) is 18.7 Å². The van der Waals surface area contributed by atoms with Crippen LogP contribution >= 0.6 is 0 Å². The SMILES string of the molecule is OC(c1ccc(F)cc1)(c1cncnc1)c1ccccc1F. The van der Waals surface area contributed by atoms with Crippen LogP contribution in [0, 0.1) is 11.6 Å². The second-order valence-electron chi connectivity index (χ2n) is 4.82. The molecular weight excluding hydrogens is 286 g/mol. The minimum absolute atomic E-state index is 0.0522. The van der Waals surface area contributed by atoms with Gasteiger partial charge in [-0.2, -0.15) is 0 Å². The van der Waals surface area contributed by atoms with E-state index in [9.17, 15) is 13.9 Å². The molecule has 1 N–H and O–H groups in total. The van der Waals surface area contributed by atoms with E-state index in [0.717, 1.165) is 0 Å². The predicted molar refractivity (Wildman–Crippen MR) is 76.9 cm³/mol. The van der Waals surface area contributed by atoms with Crippen molar-refractivity contribution < 1.29 is 13.9 Å². The highest BCUT2D eigenvalue weighted by molar-refractivity contribution is 5.45. The maximum Gasteiger partial charge on any atom is 0.146 e. The summed E-state index contributed by atoms with van der Waals surface area (Å²) in [4.78, 5) is 7.76. The van der Waals surface area contributed by atoms with E-state index in [2.05, 4.69) is 9.97 Å². The van der Waals surface area contributed by atoms with Gasteiger partial charge < -0.3 is 5.11 Å². The number of hydrogen-bond acceptors (Lipinski definition) is 3. The second-order valence-corrected chi connectivity index (χ2v) is 4.82. The van der Waals surface area contributed by atoms with Crippen LogP contribution in [0.4, 0.5) is 8.78 Å². The van der Waals surface area contributed by atoms with Gasteiger partial charge in [-0.15, -0.1) is 0 Å². The van der Waals surface area contributed by atoms with Gasteiger partial charge in [-0.05, 0) is 23.8 Å². The van der Waals surface area contributed by atoms with E-state index in [4.69, 9.17) is 0 Å². The Morgan fingerprint density at radius 3 is 2.09 bits per heavy atom. The van der Waals surface area contributed by atoms with Crippen LogP contribution < -0.4 is 0 Å². The fourth-order valence-electron chi connectivity index (χ4n) is 2.41. The first kappa shape index (κ1) is 14.3. The van der Waals surface area contributed by atoms with E-state index in [1.807, 2.05) is 0 Å². The molecule has 110 valence electrons. The lowest BCUT2D eigenvalue weighted by atomic mass is 9.81. The van der Waals surface area contributed by atoms with Crippen LogP contribution in [0.3, 0.4) is 0 Å². The Bertz CT molecular complexity index is 778. The zero-order valence-electron chi connectivity index (χ0n) is 11.4. The molecule has 1 aromatic heterocycles. The third-order valence-electron chi connectivity index (χ3n) is 3.50. The maximum absolute atomic E-state index is 14.3. The molecule has 5 heteroatoms. The summed E-state index contributed by atoms with van der Waals surface area (Å²) in [6.45, 7) is 0. The van der Waals surface area contributed by atoms with Crippen molar-refractivity contribution in [1.29, 1.82) is 0 Å². The molecule has 1 unspecified atom stereocenters. The van der Waals surface area contributed by atoms with Crippen molar-refractivity contribution in [2.45, 2.75) is 5.60 Å². The third kappa shape index (κ3) is 2.35. The summed E-state index contributed by atoms with van der Waals surface area (Å²) in [5, 5.41) is 11.3. The second kappa shape index (κ2) is 5.61. The van der Waals surface area contributed by atoms with Crippen molar-refractivity contribution >= 4 is 0 Å². The number of hydrogen-bond donors (Lipinski definition) is 1. The number of rotatable bonds is 3. The number of aliphatic hydroxyl groups is 1. The average molecular weight is 298 g/mol. The molecule has 0 amide bonds. The molecule has 3 rings (SSSR count). The van der Waals surface area contributed by atoms with Crippen molar-refractivity contribution in [3.05, 3.63) is 95.6 Å². The molecule has 0 aliphatic heterocycles. The summed E-state index contributed by atoms with van der Waals surface area (Å²) in [6.07, 6.45) is 4.13. The van der Waals surface area contributed by atoms with E-state index in [1.54, 1.807) is 6.07 Å². The molecule has 2 aromatic carbocycles. The largest absolute Gasteiger partial charge is 0.376 e. The van der Waals surface area contributed by atoms with Gasteiger partial charge in [0.15, 0.2) is 0 Å². The Balaban J connectivity index is 2.27. The zero-order valence-corrected chi connectivity index (χ0v) is 11.4. The molecule has 0 aliphatic rings. The fourth-order valence-corrected chi connectivity index (χ4v) is 2.41. The summed E-state index contributed by atoms with van der Waals surface area (Å²) >= 11 is 0. The minimum atomic E-state index is -1.81. The zero-order chi connectivity index (χ0) is 15.6. The molecule has 3 nitrogen and oxygen atoms in total. The molecule has 0 saturated carbocycles. The van der Waals surface area contributed by atoms with Crippen molar-refractivity contribution in [1.82, 2.24) is 9.97 Å². The van der Waals surface area contributed by atoms with Crippen LogP contribution in [0.2, 0.25) is 0 Å². The Morgan fingerprint density at radius 2 is 1.45 bits per heavy atom. The molecule has 0 radical (unpaired) electrons. The van der Waals surface area contributed by atoms with E-state index in [1.165, 1.54) is 61.2 Å². The van der Waals surface area contributed by atoms with Gasteiger partial charge in [0, 0.05) is 23.5 Å². The van der Waals surface area contributed by atoms with Crippen molar-refractivity contribution in [3.8, 4) is 0 Å². The van der Waals surface area contributed by atoms with Crippen LogP contribution in [0.25, 0.3) is 0 Å². The normalized spacial score (nSPS) is 13.6. The minimum Gasteiger partial charge on any atom is -0.376 e. The Labute approximate surface area is 125 Å². The van der Waals surface area contributed by atoms with E-state index < -0.39 is 17.2 Å². The van der Waals surface area contributed by atoms with Crippen LogP contribution in [0.15, 0.2) is 67.3 Å². The molecule has 3 aromatic rings. The summed E-state index contributed by atoms with van der Waals surface area (Å²) in [5.74, 6) is -1.01. The first-order valence-electron chi connectivity index (χ1n) is 6.61. The van der Waals surface area contributed by atoms with Gasteiger partial charge >= 0.3 is 0 Å². The summed E-state index contributed by atoms with van der Waals surface area (Å²) in [7, 11) is 0. The van der Waals surface area contributed by atoms with Crippen LogP contribution in [-0.2, 0) is 5.60 Å². The third-order valence-corrected chi connectivity index (χ3v) is 3.50. The summed E-state index contributed by atoms with van der Waals surface area (Å²) in [5.41, 5.74) is -1.13. The fraction of sp³-hybridized carbons (Fsp3) is 0.0588. The molecule has 0 fully saturated rings. The molecule has 1 atom stereocenters. The molecular formula is C17H12F2N2O. The first-order valence-corrected chi connectivity index (χ1v) is 6.61. The highest BCUT2D eigenvalue weighted by Gasteiger charge is 2.36. The lowest BCUT2D eigenvalue weighted by Gasteiger charge is -2.29. The molecule has 0 aliphatic carbocycles. The van der Waals surface area contributed by atoms with Crippen LogP contribution in [0.5, 0.6) is 0 Å². The number of aromatic nitrogens is 2. The average Bonchev–Trinajstić information content (AvgIpc) is 2.56. The van der Waals surface area contributed by atoms with E-state index in [0.29, 0.717) is 11.1 Å². The number of halogens is 2. The molecule has 1 heterocycles. The van der Waals surface area contributed by atoms with Gasteiger partial charge in [0.2, 0.25) is 0 Å².